The molecule has 0 radical (unpaired) electrons. The minimum Gasteiger partial charge on any atom is -0.482 e. The smallest absolute Gasteiger partial charge is 0.257 e. The minimum atomic E-state index is -0.213. The Morgan fingerprint density at radius 3 is 2.70 bits per heavy atom. The van der Waals surface area contributed by atoms with Crippen LogP contribution in [0.25, 0.3) is 0 Å². The van der Waals surface area contributed by atoms with E-state index < -0.39 is 0 Å². The largest absolute Gasteiger partial charge is 0.482 e. The highest BCUT2D eigenvalue weighted by atomic mass is 35.5. The number of nitrogens with one attached hydrogen (secondary N) is 1. The van der Waals surface area contributed by atoms with Gasteiger partial charge in [0.25, 0.3) is 5.91 Å². The van der Waals surface area contributed by atoms with Crippen molar-refractivity contribution in [1.29, 1.82) is 5.26 Å². The zero-order valence-electron chi connectivity index (χ0n) is 12.3. The second kappa shape index (κ2) is 9.09. The summed E-state index contributed by atoms with van der Waals surface area (Å²) in [4.78, 5) is 12.8. The Kier molecular flexibility index (Phi) is 6.79. The predicted molar refractivity (Wildman–Crippen MR) is 91.8 cm³/mol. The van der Waals surface area contributed by atoms with Crippen LogP contribution in [-0.2, 0) is 4.79 Å². The van der Waals surface area contributed by atoms with Crippen molar-refractivity contribution in [3.05, 3.63) is 59.1 Å². The molecular weight excluding hydrogens is 332 g/mol. The third kappa shape index (κ3) is 5.85. The Morgan fingerprint density at radius 1 is 1.22 bits per heavy atom. The van der Waals surface area contributed by atoms with Gasteiger partial charge < -0.3 is 10.1 Å². The topological polar surface area (TPSA) is 62.1 Å². The van der Waals surface area contributed by atoms with Gasteiger partial charge in [-0.2, -0.15) is 5.26 Å². The number of nitriles is 1. The van der Waals surface area contributed by atoms with Crippen molar-refractivity contribution in [2.24, 2.45) is 0 Å². The third-order valence-electron chi connectivity index (χ3n) is 2.87. The van der Waals surface area contributed by atoms with Crippen molar-refractivity contribution < 1.29 is 9.53 Å². The van der Waals surface area contributed by atoms with Gasteiger partial charge in [0.15, 0.2) is 6.61 Å². The number of carbonyl (C=O) groups is 1. The molecule has 0 fully saturated rings. The lowest BCUT2D eigenvalue weighted by Crippen LogP contribution is -2.30. The number of carbonyl (C=O) groups excluding carboxylic acids is 1. The highest BCUT2D eigenvalue weighted by Gasteiger charge is 2.05. The average molecular weight is 347 g/mol. The first-order valence-electron chi connectivity index (χ1n) is 6.96. The Bertz CT molecular complexity index is 698. The summed E-state index contributed by atoms with van der Waals surface area (Å²) in [5.41, 5.74) is 0.415. The maximum absolute atomic E-state index is 11.7. The quantitative estimate of drug-likeness (QED) is 0.615. The van der Waals surface area contributed by atoms with E-state index in [9.17, 15) is 4.79 Å². The van der Waals surface area contributed by atoms with Crippen LogP contribution in [0.1, 0.15) is 5.56 Å². The van der Waals surface area contributed by atoms with Gasteiger partial charge in [0, 0.05) is 22.2 Å². The Labute approximate surface area is 144 Å². The SMILES string of the molecule is N#Cc1ccccc1OCC(=O)NCCSc1ccc(Cl)cc1. The summed E-state index contributed by atoms with van der Waals surface area (Å²) in [6.07, 6.45) is 0. The second-order valence-corrected chi connectivity index (χ2v) is 6.15. The molecule has 0 aliphatic rings. The second-order valence-electron chi connectivity index (χ2n) is 4.55. The van der Waals surface area contributed by atoms with E-state index in [-0.39, 0.29) is 12.5 Å². The zero-order valence-corrected chi connectivity index (χ0v) is 13.9. The van der Waals surface area contributed by atoms with Crippen LogP contribution in [0.2, 0.25) is 5.02 Å². The fourth-order valence-electron chi connectivity index (χ4n) is 1.77. The molecule has 0 aliphatic heterocycles. The summed E-state index contributed by atoms with van der Waals surface area (Å²) < 4.78 is 5.36. The molecule has 0 aliphatic carbocycles. The molecule has 6 heteroatoms. The molecular formula is C17H15ClN2O2S. The lowest BCUT2D eigenvalue weighted by Gasteiger charge is -2.08. The molecule has 2 aromatic carbocycles. The van der Waals surface area contributed by atoms with Gasteiger partial charge in [-0.05, 0) is 36.4 Å². The summed E-state index contributed by atoms with van der Waals surface area (Å²) in [5, 5.41) is 12.4. The molecule has 4 nitrogen and oxygen atoms in total. The summed E-state index contributed by atoms with van der Waals surface area (Å²) in [6, 6.07) is 16.4. The number of rotatable bonds is 7. The Balaban J connectivity index is 1.67. The Morgan fingerprint density at radius 2 is 1.96 bits per heavy atom. The third-order valence-corrected chi connectivity index (χ3v) is 4.14. The van der Waals surface area contributed by atoms with Crippen molar-refractivity contribution in [1.82, 2.24) is 5.32 Å². The van der Waals surface area contributed by atoms with Gasteiger partial charge >= 0.3 is 0 Å². The number of ether oxygens (including phenoxy) is 1. The van der Waals surface area contributed by atoms with Gasteiger partial charge in [-0.25, -0.2) is 0 Å². The van der Waals surface area contributed by atoms with Gasteiger partial charge in [-0.1, -0.05) is 23.7 Å². The maximum atomic E-state index is 11.7. The van der Waals surface area contributed by atoms with E-state index in [0.717, 1.165) is 10.6 Å². The molecule has 2 aromatic rings. The summed E-state index contributed by atoms with van der Waals surface area (Å²) in [7, 11) is 0. The molecule has 0 heterocycles. The minimum absolute atomic E-state index is 0.107. The molecule has 118 valence electrons. The van der Waals surface area contributed by atoms with Crippen molar-refractivity contribution in [3.63, 3.8) is 0 Å². The normalized spacial score (nSPS) is 9.91. The van der Waals surface area contributed by atoms with Gasteiger partial charge in [0.1, 0.15) is 11.8 Å². The van der Waals surface area contributed by atoms with Gasteiger partial charge in [0.05, 0.1) is 5.56 Å². The average Bonchev–Trinajstić information content (AvgIpc) is 2.58. The maximum Gasteiger partial charge on any atom is 0.257 e. The zero-order chi connectivity index (χ0) is 16.5. The van der Waals surface area contributed by atoms with Crippen LogP contribution >= 0.6 is 23.4 Å². The summed E-state index contributed by atoms with van der Waals surface area (Å²) >= 11 is 7.46. The standard InChI is InChI=1S/C17H15ClN2O2S/c18-14-5-7-15(8-6-14)23-10-9-20-17(21)12-22-16-4-2-1-3-13(16)11-19/h1-8H,9-10,12H2,(H,20,21). The van der Waals surface area contributed by atoms with Crippen LogP contribution in [0.3, 0.4) is 0 Å². The number of para-hydroxylation sites is 1. The Hall–Kier alpha value is -2.16. The van der Waals surface area contributed by atoms with Gasteiger partial charge in [0.2, 0.25) is 0 Å². The van der Waals surface area contributed by atoms with Crippen LogP contribution in [0.15, 0.2) is 53.4 Å². The highest BCUT2D eigenvalue weighted by Crippen LogP contribution is 2.19. The fraction of sp³-hybridized carbons (Fsp3) is 0.176. The first-order chi connectivity index (χ1) is 11.2. The highest BCUT2D eigenvalue weighted by molar-refractivity contribution is 7.99. The molecule has 23 heavy (non-hydrogen) atoms. The molecule has 0 saturated carbocycles. The molecule has 1 N–H and O–H groups in total. The van der Waals surface area contributed by atoms with E-state index in [1.54, 1.807) is 36.0 Å². The van der Waals surface area contributed by atoms with E-state index in [2.05, 4.69) is 5.32 Å². The molecule has 1 amide bonds. The summed E-state index contributed by atoms with van der Waals surface area (Å²) in [5.74, 6) is 0.956. The van der Waals surface area contributed by atoms with E-state index >= 15 is 0 Å². The fourth-order valence-corrected chi connectivity index (χ4v) is 2.66. The van der Waals surface area contributed by atoms with E-state index in [1.165, 1.54) is 0 Å². The molecule has 2 rings (SSSR count). The van der Waals surface area contributed by atoms with Crippen LogP contribution in [-0.4, -0.2) is 24.8 Å². The number of nitrogens with zero attached hydrogens (tertiary/aromatic N) is 1. The van der Waals surface area contributed by atoms with Crippen molar-refractivity contribution >= 4 is 29.3 Å². The van der Waals surface area contributed by atoms with E-state index in [0.29, 0.717) is 22.9 Å². The van der Waals surface area contributed by atoms with Crippen LogP contribution in [0.5, 0.6) is 5.75 Å². The number of hydrogen-bond donors (Lipinski definition) is 1. The van der Waals surface area contributed by atoms with Crippen LogP contribution < -0.4 is 10.1 Å². The molecule has 0 unspecified atom stereocenters. The van der Waals surface area contributed by atoms with Gasteiger partial charge in [-0.15, -0.1) is 11.8 Å². The van der Waals surface area contributed by atoms with E-state index in [4.69, 9.17) is 21.6 Å². The van der Waals surface area contributed by atoms with Crippen molar-refractivity contribution in [2.75, 3.05) is 18.9 Å². The van der Waals surface area contributed by atoms with Crippen molar-refractivity contribution in [3.8, 4) is 11.8 Å². The number of hydrogen-bond acceptors (Lipinski definition) is 4. The van der Waals surface area contributed by atoms with Crippen molar-refractivity contribution in [2.45, 2.75) is 4.90 Å². The lowest BCUT2D eigenvalue weighted by molar-refractivity contribution is -0.122. The van der Waals surface area contributed by atoms with E-state index in [1.807, 2.05) is 30.3 Å². The molecule has 0 atom stereocenters. The molecule has 0 bridgehead atoms. The number of halogens is 1. The number of benzene rings is 2. The van der Waals surface area contributed by atoms with Crippen LogP contribution in [0.4, 0.5) is 0 Å². The monoisotopic (exact) mass is 346 g/mol. The number of thioether (sulfide) groups is 1. The molecule has 0 aromatic heterocycles. The number of amides is 1. The first-order valence-corrected chi connectivity index (χ1v) is 8.32. The van der Waals surface area contributed by atoms with Crippen LogP contribution in [0, 0.1) is 11.3 Å². The lowest BCUT2D eigenvalue weighted by atomic mass is 10.2. The summed E-state index contributed by atoms with van der Waals surface area (Å²) in [6.45, 7) is 0.430. The molecule has 0 spiro atoms. The predicted octanol–water partition coefficient (Wildman–Crippen LogP) is 3.50. The molecule has 0 saturated heterocycles. The van der Waals surface area contributed by atoms with Gasteiger partial charge in [-0.3, -0.25) is 4.79 Å². The first kappa shape index (κ1) is 17.2.